The molecule has 0 spiro atoms. The van der Waals surface area contributed by atoms with E-state index in [1.165, 1.54) is 23.5 Å². The van der Waals surface area contributed by atoms with Crippen molar-refractivity contribution in [3.63, 3.8) is 0 Å². The number of hydrogen-bond acceptors (Lipinski definition) is 3. The van der Waals surface area contributed by atoms with Crippen molar-refractivity contribution >= 4 is 28.5 Å². The van der Waals surface area contributed by atoms with Crippen molar-refractivity contribution in [1.82, 2.24) is 0 Å². The van der Waals surface area contributed by atoms with Gasteiger partial charge in [0.15, 0.2) is 0 Å². The molecular formula is C22H21NO2. The maximum absolute atomic E-state index is 11.5. The molecule has 0 heterocycles. The number of esters is 1. The summed E-state index contributed by atoms with van der Waals surface area (Å²) in [6.45, 7) is 2.85. The van der Waals surface area contributed by atoms with Crippen LogP contribution >= 0.6 is 0 Å². The summed E-state index contributed by atoms with van der Waals surface area (Å²) in [6, 6.07) is 22.0. The zero-order chi connectivity index (χ0) is 17.6. The van der Waals surface area contributed by atoms with Crippen LogP contribution in [-0.4, -0.2) is 19.6 Å². The van der Waals surface area contributed by atoms with Gasteiger partial charge < -0.3 is 10.1 Å². The van der Waals surface area contributed by atoms with Crippen molar-refractivity contribution < 1.29 is 9.53 Å². The fourth-order valence-electron chi connectivity index (χ4n) is 2.78. The molecule has 3 aromatic rings. The van der Waals surface area contributed by atoms with Crippen LogP contribution in [0.3, 0.4) is 0 Å². The van der Waals surface area contributed by atoms with Crippen molar-refractivity contribution in [2.75, 3.05) is 19.0 Å². The molecule has 0 aromatic heterocycles. The van der Waals surface area contributed by atoms with E-state index >= 15 is 0 Å². The summed E-state index contributed by atoms with van der Waals surface area (Å²) in [5.74, 6) is -0.315. The average Bonchev–Trinajstić information content (AvgIpc) is 2.66. The Balaban J connectivity index is 1.70. The lowest BCUT2D eigenvalue weighted by Crippen LogP contribution is -2.03. The van der Waals surface area contributed by atoms with Crippen LogP contribution in [0.25, 0.3) is 16.8 Å². The Kier molecular flexibility index (Phi) is 5.14. The maximum Gasteiger partial charge on any atom is 0.337 e. The third-order valence-electron chi connectivity index (χ3n) is 4.09. The van der Waals surface area contributed by atoms with Gasteiger partial charge in [-0.15, -0.1) is 0 Å². The number of hydrogen-bond donors (Lipinski definition) is 1. The molecule has 126 valence electrons. The monoisotopic (exact) mass is 331 g/mol. The normalized spacial score (nSPS) is 11.4. The van der Waals surface area contributed by atoms with E-state index in [1.807, 2.05) is 12.1 Å². The lowest BCUT2D eigenvalue weighted by atomic mass is 10.1. The molecule has 0 radical (unpaired) electrons. The van der Waals surface area contributed by atoms with E-state index in [0.29, 0.717) is 5.56 Å². The lowest BCUT2D eigenvalue weighted by molar-refractivity contribution is 0.0600. The van der Waals surface area contributed by atoms with Gasteiger partial charge >= 0.3 is 5.97 Å². The molecule has 0 fully saturated rings. The molecule has 0 aliphatic rings. The molecule has 1 N–H and O–H groups in total. The van der Waals surface area contributed by atoms with E-state index in [2.05, 4.69) is 60.8 Å². The number of carbonyl (C=O) groups is 1. The summed E-state index contributed by atoms with van der Waals surface area (Å²) in [5, 5.41) is 5.96. The van der Waals surface area contributed by atoms with Gasteiger partial charge in [0.1, 0.15) is 0 Å². The Hall–Kier alpha value is -3.07. The van der Waals surface area contributed by atoms with E-state index in [0.717, 1.165) is 17.8 Å². The molecule has 3 nitrogen and oxygen atoms in total. The van der Waals surface area contributed by atoms with E-state index in [-0.39, 0.29) is 5.97 Å². The van der Waals surface area contributed by atoms with Crippen molar-refractivity contribution in [1.29, 1.82) is 0 Å². The largest absolute Gasteiger partial charge is 0.465 e. The van der Waals surface area contributed by atoms with Crippen LogP contribution in [0.5, 0.6) is 0 Å². The number of ether oxygens (including phenoxy) is 1. The molecule has 3 aromatic carbocycles. The second kappa shape index (κ2) is 7.67. The minimum absolute atomic E-state index is 0.315. The third kappa shape index (κ3) is 4.07. The van der Waals surface area contributed by atoms with Gasteiger partial charge in [-0.05, 0) is 36.1 Å². The fourth-order valence-corrected chi connectivity index (χ4v) is 2.78. The number of benzene rings is 3. The van der Waals surface area contributed by atoms with Crippen molar-refractivity contribution in [3.8, 4) is 0 Å². The number of fused-ring (bicyclic) bond motifs is 1. The van der Waals surface area contributed by atoms with Crippen LogP contribution in [0.2, 0.25) is 0 Å². The standard InChI is InChI=1S/C22H21NO2/c1-16(14-17-10-12-19(13-11-17)22(24)25-2)15-23-21-9-5-7-18-6-3-4-8-20(18)21/h3-14,23H,15H2,1-2H3. The highest BCUT2D eigenvalue weighted by atomic mass is 16.5. The maximum atomic E-state index is 11.5. The Morgan fingerprint density at radius 2 is 1.72 bits per heavy atom. The molecule has 0 saturated heterocycles. The Bertz CT molecular complexity index is 905. The Labute approximate surface area is 147 Å². The van der Waals surface area contributed by atoms with Gasteiger partial charge in [-0.1, -0.05) is 60.2 Å². The quantitative estimate of drug-likeness (QED) is 0.658. The second-order valence-corrected chi connectivity index (χ2v) is 5.98. The van der Waals surface area contributed by atoms with Crippen molar-refractivity contribution in [2.45, 2.75) is 6.92 Å². The molecule has 0 saturated carbocycles. The number of rotatable bonds is 5. The van der Waals surface area contributed by atoms with Gasteiger partial charge in [0.05, 0.1) is 12.7 Å². The molecule has 0 atom stereocenters. The van der Waals surface area contributed by atoms with Gasteiger partial charge in [-0.25, -0.2) is 4.79 Å². The summed E-state index contributed by atoms with van der Waals surface area (Å²) in [5.41, 5.74) is 3.96. The summed E-state index contributed by atoms with van der Waals surface area (Å²) in [7, 11) is 1.39. The molecule has 0 aliphatic heterocycles. The van der Waals surface area contributed by atoms with Crippen LogP contribution in [0, 0.1) is 0 Å². The number of methoxy groups -OCH3 is 1. The molecule has 0 amide bonds. The Morgan fingerprint density at radius 3 is 2.48 bits per heavy atom. The molecule has 0 aliphatic carbocycles. The second-order valence-electron chi connectivity index (χ2n) is 5.98. The predicted octanol–water partition coefficient (Wildman–Crippen LogP) is 5.14. The smallest absolute Gasteiger partial charge is 0.337 e. The summed E-state index contributed by atoms with van der Waals surface area (Å²) in [4.78, 5) is 11.5. The molecule has 0 bridgehead atoms. The van der Waals surface area contributed by atoms with Crippen molar-refractivity contribution in [3.05, 3.63) is 83.4 Å². The van der Waals surface area contributed by atoms with Crippen LogP contribution < -0.4 is 5.32 Å². The lowest BCUT2D eigenvalue weighted by Gasteiger charge is -2.10. The van der Waals surface area contributed by atoms with Gasteiger partial charge in [0.25, 0.3) is 0 Å². The number of anilines is 1. The summed E-state index contributed by atoms with van der Waals surface area (Å²) < 4.78 is 4.72. The van der Waals surface area contributed by atoms with Gasteiger partial charge in [0, 0.05) is 17.6 Å². The predicted molar refractivity (Wildman–Crippen MR) is 104 cm³/mol. The first-order valence-corrected chi connectivity index (χ1v) is 8.24. The van der Waals surface area contributed by atoms with E-state index < -0.39 is 0 Å². The fraction of sp³-hybridized carbons (Fsp3) is 0.136. The van der Waals surface area contributed by atoms with Gasteiger partial charge in [-0.3, -0.25) is 0 Å². The van der Waals surface area contributed by atoms with E-state index in [4.69, 9.17) is 4.74 Å². The first-order valence-electron chi connectivity index (χ1n) is 8.24. The molecular weight excluding hydrogens is 310 g/mol. The molecule has 3 rings (SSSR count). The highest BCUT2D eigenvalue weighted by molar-refractivity contribution is 5.94. The summed E-state index contributed by atoms with van der Waals surface area (Å²) >= 11 is 0. The minimum atomic E-state index is -0.315. The van der Waals surface area contributed by atoms with Crippen LogP contribution in [0.1, 0.15) is 22.8 Å². The first kappa shape index (κ1) is 16.8. The summed E-state index contributed by atoms with van der Waals surface area (Å²) in [6.07, 6.45) is 2.11. The minimum Gasteiger partial charge on any atom is -0.465 e. The van der Waals surface area contributed by atoms with Gasteiger partial charge in [-0.2, -0.15) is 0 Å². The molecule has 3 heteroatoms. The van der Waals surface area contributed by atoms with Crippen molar-refractivity contribution in [2.24, 2.45) is 0 Å². The zero-order valence-corrected chi connectivity index (χ0v) is 14.5. The van der Waals surface area contributed by atoms with Gasteiger partial charge in [0.2, 0.25) is 0 Å². The highest BCUT2D eigenvalue weighted by Gasteiger charge is 2.04. The first-order chi connectivity index (χ1) is 12.2. The SMILES string of the molecule is COC(=O)c1ccc(C=C(C)CNc2cccc3ccccc23)cc1. The molecule has 0 unspecified atom stereocenters. The number of carbonyl (C=O) groups excluding carboxylic acids is 1. The van der Waals surface area contributed by atoms with Crippen LogP contribution in [0.4, 0.5) is 5.69 Å². The van der Waals surface area contributed by atoms with E-state index in [1.54, 1.807) is 12.1 Å². The Morgan fingerprint density at radius 1 is 1.00 bits per heavy atom. The average molecular weight is 331 g/mol. The zero-order valence-electron chi connectivity index (χ0n) is 14.5. The molecule has 25 heavy (non-hydrogen) atoms. The number of nitrogens with one attached hydrogen (secondary N) is 1. The van der Waals surface area contributed by atoms with E-state index in [9.17, 15) is 4.79 Å². The topological polar surface area (TPSA) is 38.3 Å². The highest BCUT2D eigenvalue weighted by Crippen LogP contribution is 2.23. The van der Waals surface area contributed by atoms with Crippen LogP contribution in [0.15, 0.2) is 72.3 Å². The third-order valence-corrected chi connectivity index (χ3v) is 4.09. The van der Waals surface area contributed by atoms with Crippen LogP contribution in [-0.2, 0) is 4.74 Å².